The van der Waals surface area contributed by atoms with Gasteiger partial charge in [0.15, 0.2) is 11.6 Å². The van der Waals surface area contributed by atoms with Gasteiger partial charge in [0.25, 0.3) is 0 Å². The van der Waals surface area contributed by atoms with E-state index >= 15 is 0 Å². The van der Waals surface area contributed by atoms with Gasteiger partial charge in [0.2, 0.25) is 5.95 Å². The Hall–Kier alpha value is -7.63. The van der Waals surface area contributed by atoms with Crippen molar-refractivity contribution in [2.75, 3.05) is 0 Å². The van der Waals surface area contributed by atoms with Crippen LogP contribution in [-0.2, 0) is 0 Å². The van der Waals surface area contributed by atoms with Crippen LogP contribution in [0.3, 0.4) is 0 Å². The summed E-state index contributed by atoms with van der Waals surface area (Å²) in [6.45, 7) is 4.34. The molecule has 0 saturated carbocycles. The number of rotatable bonds is 4. The van der Waals surface area contributed by atoms with E-state index in [9.17, 15) is 0 Å². The third-order valence-corrected chi connectivity index (χ3v) is 11.8. The lowest BCUT2D eigenvalue weighted by Crippen LogP contribution is -2.07. The standard InChI is InChI=1S/C53H35N5/c1-32-21-27-47-45(29-32)42-25-26-43-46-30-33(2)22-28-48(46)58(53-55-51(34-13-5-3-6-14-34)54-52(56-53)35-15-7-4-8-16-35)50(43)49(42)57(47)36-23-24-41-39-19-10-9-17-37(39)38-18-11-12-20-40(38)44(41)31-36/h3-31H,1-2H3. The van der Waals surface area contributed by atoms with Crippen molar-refractivity contribution < 1.29 is 0 Å². The van der Waals surface area contributed by atoms with Crippen molar-refractivity contribution in [3.63, 3.8) is 0 Å². The average Bonchev–Trinajstić information content (AvgIpc) is 3.79. The molecule has 3 aromatic heterocycles. The first kappa shape index (κ1) is 32.6. The van der Waals surface area contributed by atoms with Crippen LogP contribution < -0.4 is 0 Å². The topological polar surface area (TPSA) is 48.5 Å². The fraction of sp³-hybridized carbons (Fsp3) is 0.0377. The normalized spacial score (nSPS) is 12.0. The van der Waals surface area contributed by atoms with Crippen LogP contribution in [0, 0.1) is 13.8 Å². The van der Waals surface area contributed by atoms with Crippen LogP contribution in [-0.4, -0.2) is 24.1 Å². The van der Waals surface area contributed by atoms with Gasteiger partial charge in [-0.1, -0.05) is 151 Å². The smallest absolute Gasteiger partial charge is 0.238 e. The summed E-state index contributed by atoms with van der Waals surface area (Å²) < 4.78 is 4.74. The highest BCUT2D eigenvalue weighted by molar-refractivity contribution is 6.27. The van der Waals surface area contributed by atoms with E-state index in [2.05, 4.69) is 163 Å². The molecule has 9 aromatic carbocycles. The van der Waals surface area contributed by atoms with Crippen molar-refractivity contribution in [3.05, 3.63) is 187 Å². The molecule has 5 nitrogen and oxygen atoms in total. The van der Waals surface area contributed by atoms with Crippen molar-refractivity contribution in [1.82, 2.24) is 24.1 Å². The van der Waals surface area contributed by atoms with Crippen LogP contribution in [0.4, 0.5) is 0 Å². The van der Waals surface area contributed by atoms with Crippen LogP contribution in [0.25, 0.3) is 110 Å². The Bertz CT molecular complexity index is 3540. The number of aromatic nitrogens is 5. The maximum Gasteiger partial charge on any atom is 0.238 e. The van der Waals surface area contributed by atoms with E-state index in [-0.39, 0.29) is 0 Å². The van der Waals surface area contributed by atoms with Gasteiger partial charge in [-0.2, -0.15) is 9.97 Å². The van der Waals surface area contributed by atoms with Gasteiger partial charge in [0, 0.05) is 38.4 Å². The van der Waals surface area contributed by atoms with Gasteiger partial charge in [0.05, 0.1) is 22.1 Å². The number of nitrogens with zero attached hydrogens (tertiary/aromatic N) is 5. The molecular formula is C53H35N5. The maximum atomic E-state index is 5.31. The first-order valence-corrected chi connectivity index (χ1v) is 19.8. The summed E-state index contributed by atoms with van der Waals surface area (Å²) in [4.78, 5) is 15.7. The Labute approximate surface area is 334 Å². The second kappa shape index (κ2) is 12.4. The van der Waals surface area contributed by atoms with Crippen LogP contribution >= 0.6 is 0 Å². The molecule has 0 N–H and O–H groups in total. The summed E-state index contributed by atoms with van der Waals surface area (Å²) in [5, 5.41) is 12.2. The van der Waals surface area contributed by atoms with E-state index in [4.69, 9.17) is 15.0 Å². The highest BCUT2D eigenvalue weighted by atomic mass is 15.2. The van der Waals surface area contributed by atoms with Gasteiger partial charge < -0.3 is 4.57 Å². The highest BCUT2D eigenvalue weighted by Crippen LogP contribution is 2.43. The molecule has 0 aliphatic carbocycles. The number of aryl methyl sites for hydroxylation is 2. The lowest BCUT2D eigenvalue weighted by Gasteiger charge is -2.15. The van der Waals surface area contributed by atoms with E-state index in [1.54, 1.807) is 0 Å². The van der Waals surface area contributed by atoms with Gasteiger partial charge in [-0.05, 0) is 82.6 Å². The molecule has 58 heavy (non-hydrogen) atoms. The SMILES string of the molecule is Cc1ccc2c(c1)c1ccc3c4cc(C)ccc4n(-c4nc(-c5ccccc5)nc(-c5ccccc5)n4)c3c1n2-c1ccc2c3ccccc3c3ccccc3c2c1. The third kappa shape index (κ3) is 4.80. The third-order valence-electron chi connectivity index (χ3n) is 11.8. The molecule has 0 bridgehead atoms. The van der Waals surface area contributed by atoms with E-state index < -0.39 is 0 Å². The van der Waals surface area contributed by atoms with Crippen molar-refractivity contribution in [2.24, 2.45) is 0 Å². The quantitative estimate of drug-likeness (QED) is 0.169. The number of benzene rings is 9. The van der Waals surface area contributed by atoms with Crippen molar-refractivity contribution in [1.29, 1.82) is 0 Å². The minimum Gasteiger partial charge on any atom is -0.307 e. The summed E-state index contributed by atoms with van der Waals surface area (Å²) in [7, 11) is 0. The first-order chi connectivity index (χ1) is 28.6. The molecule has 0 aliphatic heterocycles. The largest absolute Gasteiger partial charge is 0.307 e. The molecule has 0 fully saturated rings. The Morgan fingerprint density at radius 2 is 0.759 bits per heavy atom. The van der Waals surface area contributed by atoms with E-state index in [1.165, 1.54) is 54.2 Å². The summed E-state index contributed by atoms with van der Waals surface area (Å²) >= 11 is 0. The van der Waals surface area contributed by atoms with E-state index in [0.717, 1.165) is 49.7 Å². The zero-order chi connectivity index (χ0) is 38.5. The lowest BCUT2D eigenvalue weighted by atomic mass is 9.94. The highest BCUT2D eigenvalue weighted by Gasteiger charge is 2.24. The fourth-order valence-electron chi connectivity index (χ4n) is 9.24. The summed E-state index contributed by atoms with van der Waals surface area (Å²) in [6.07, 6.45) is 0. The lowest BCUT2D eigenvalue weighted by molar-refractivity contribution is 0.953. The molecule has 0 atom stereocenters. The molecule has 12 rings (SSSR count). The Balaban J connectivity index is 1.25. The van der Waals surface area contributed by atoms with E-state index in [0.29, 0.717) is 17.6 Å². The molecule has 0 aliphatic rings. The van der Waals surface area contributed by atoms with Crippen molar-refractivity contribution in [3.8, 4) is 34.4 Å². The summed E-state index contributed by atoms with van der Waals surface area (Å²) in [5.74, 6) is 1.83. The van der Waals surface area contributed by atoms with E-state index in [1.807, 2.05) is 36.4 Å². The minimum absolute atomic E-state index is 0.577. The molecule has 0 spiro atoms. The Kier molecular flexibility index (Phi) is 6.99. The average molecular weight is 742 g/mol. The molecule has 0 unspecified atom stereocenters. The first-order valence-electron chi connectivity index (χ1n) is 19.8. The van der Waals surface area contributed by atoms with Crippen molar-refractivity contribution >= 4 is 75.9 Å². The molecule has 3 heterocycles. The predicted octanol–water partition coefficient (Wildman–Crippen LogP) is 13.5. The number of hydrogen-bond acceptors (Lipinski definition) is 3. The van der Waals surface area contributed by atoms with Gasteiger partial charge in [-0.3, -0.25) is 4.57 Å². The van der Waals surface area contributed by atoms with Gasteiger partial charge in [-0.25, -0.2) is 4.98 Å². The molecule has 5 heteroatoms. The zero-order valence-electron chi connectivity index (χ0n) is 32.0. The van der Waals surface area contributed by atoms with Crippen molar-refractivity contribution in [2.45, 2.75) is 13.8 Å². The fourth-order valence-corrected chi connectivity index (χ4v) is 9.24. The summed E-state index contributed by atoms with van der Waals surface area (Å²) in [6, 6.07) is 63.1. The Morgan fingerprint density at radius 3 is 1.29 bits per heavy atom. The molecule has 0 saturated heterocycles. The van der Waals surface area contributed by atoms with Gasteiger partial charge >= 0.3 is 0 Å². The number of fused-ring (bicyclic) bond motifs is 13. The number of hydrogen-bond donors (Lipinski definition) is 0. The predicted molar refractivity (Wildman–Crippen MR) is 241 cm³/mol. The Morgan fingerprint density at radius 1 is 0.328 bits per heavy atom. The summed E-state index contributed by atoms with van der Waals surface area (Å²) in [5.41, 5.74) is 9.74. The molecule has 12 aromatic rings. The molecule has 272 valence electrons. The second-order valence-corrected chi connectivity index (χ2v) is 15.4. The monoisotopic (exact) mass is 741 g/mol. The van der Waals surface area contributed by atoms with Gasteiger partial charge in [0.1, 0.15) is 0 Å². The van der Waals surface area contributed by atoms with Gasteiger partial charge in [-0.15, -0.1) is 0 Å². The minimum atomic E-state index is 0.577. The van der Waals surface area contributed by atoms with Crippen LogP contribution in [0.5, 0.6) is 0 Å². The zero-order valence-corrected chi connectivity index (χ0v) is 32.0. The maximum absolute atomic E-state index is 5.31. The van der Waals surface area contributed by atoms with Crippen LogP contribution in [0.1, 0.15) is 11.1 Å². The molecule has 0 amide bonds. The molecule has 0 radical (unpaired) electrons. The van der Waals surface area contributed by atoms with Crippen LogP contribution in [0.15, 0.2) is 176 Å². The van der Waals surface area contributed by atoms with Crippen LogP contribution in [0.2, 0.25) is 0 Å². The second-order valence-electron chi connectivity index (χ2n) is 15.4. The molecular weight excluding hydrogens is 707 g/mol.